The average molecular weight is 374 g/mol. The lowest BCUT2D eigenvalue weighted by Gasteiger charge is -2.05. The molecule has 6 nitrogen and oxygen atoms in total. The van der Waals surface area contributed by atoms with Gasteiger partial charge in [-0.2, -0.15) is 0 Å². The zero-order valence-electron chi connectivity index (χ0n) is 14.4. The molecule has 0 bridgehead atoms. The van der Waals surface area contributed by atoms with Gasteiger partial charge in [-0.15, -0.1) is 11.3 Å². The standard InChI is InChI=1S/C18H19FN4O2S/c1-23-14-5-4-11(19)9-12(14)21-16(23)6-7-20-17(24)13-10-26-18(22-13)15-3-2-8-25-15/h4-5,9-10,15H,2-3,6-8H2,1H3,(H,20,24). The Bertz CT molecular complexity index is 946. The van der Waals surface area contributed by atoms with Gasteiger partial charge in [0.25, 0.3) is 5.91 Å². The topological polar surface area (TPSA) is 69.0 Å². The Kier molecular flexibility index (Phi) is 4.69. The molecule has 0 saturated carbocycles. The van der Waals surface area contributed by atoms with Crippen LogP contribution in [0.1, 0.15) is 40.3 Å². The summed E-state index contributed by atoms with van der Waals surface area (Å²) >= 11 is 1.46. The summed E-state index contributed by atoms with van der Waals surface area (Å²) in [6.45, 7) is 1.19. The highest BCUT2D eigenvalue weighted by Crippen LogP contribution is 2.30. The smallest absolute Gasteiger partial charge is 0.270 e. The number of nitrogens with zero attached hydrogens (tertiary/aromatic N) is 3. The summed E-state index contributed by atoms with van der Waals surface area (Å²) in [7, 11) is 1.89. The van der Waals surface area contributed by atoms with Crippen molar-refractivity contribution in [3.8, 4) is 0 Å². The van der Waals surface area contributed by atoms with Gasteiger partial charge in [-0.05, 0) is 25.0 Å². The fourth-order valence-electron chi connectivity index (χ4n) is 3.14. The van der Waals surface area contributed by atoms with Crippen LogP contribution in [-0.4, -0.2) is 33.6 Å². The van der Waals surface area contributed by atoms with Crippen LogP contribution in [0.5, 0.6) is 0 Å². The van der Waals surface area contributed by atoms with Crippen LogP contribution in [0.3, 0.4) is 0 Å². The SMILES string of the molecule is Cn1c(CCNC(=O)c2csc(C3CCCO3)n2)nc2cc(F)ccc21. The van der Waals surface area contributed by atoms with Crippen molar-refractivity contribution in [3.63, 3.8) is 0 Å². The largest absolute Gasteiger partial charge is 0.371 e. The second kappa shape index (κ2) is 7.13. The van der Waals surface area contributed by atoms with Crippen molar-refractivity contribution in [3.05, 3.63) is 45.9 Å². The second-order valence-electron chi connectivity index (χ2n) is 6.30. The molecule has 3 heterocycles. The summed E-state index contributed by atoms with van der Waals surface area (Å²) in [5.41, 5.74) is 1.91. The summed E-state index contributed by atoms with van der Waals surface area (Å²) in [4.78, 5) is 21.1. The number of benzene rings is 1. The van der Waals surface area contributed by atoms with E-state index in [0.29, 0.717) is 24.2 Å². The highest BCUT2D eigenvalue weighted by atomic mass is 32.1. The molecule has 136 valence electrons. The molecule has 1 aromatic carbocycles. The van der Waals surface area contributed by atoms with Crippen molar-refractivity contribution in [2.75, 3.05) is 13.2 Å². The monoisotopic (exact) mass is 374 g/mol. The summed E-state index contributed by atoms with van der Waals surface area (Å²) in [6, 6.07) is 4.55. The molecule has 1 N–H and O–H groups in total. The van der Waals surface area contributed by atoms with Crippen LogP contribution in [0.15, 0.2) is 23.6 Å². The first-order valence-electron chi connectivity index (χ1n) is 8.58. The van der Waals surface area contributed by atoms with Crippen molar-refractivity contribution in [2.24, 2.45) is 7.05 Å². The minimum atomic E-state index is -0.305. The molecule has 1 unspecified atom stereocenters. The molecule has 0 radical (unpaired) electrons. The molecule has 4 rings (SSSR count). The number of amides is 1. The first-order valence-corrected chi connectivity index (χ1v) is 9.46. The van der Waals surface area contributed by atoms with E-state index < -0.39 is 0 Å². The molecule has 2 aromatic heterocycles. The third kappa shape index (κ3) is 3.34. The molecule has 1 aliphatic rings. The Balaban J connectivity index is 1.37. The fourth-order valence-corrected chi connectivity index (χ4v) is 4.02. The Labute approximate surface area is 154 Å². The van der Waals surface area contributed by atoms with E-state index in [1.54, 1.807) is 11.4 Å². The molecule has 26 heavy (non-hydrogen) atoms. The first kappa shape index (κ1) is 17.1. The van der Waals surface area contributed by atoms with Gasteiger partial charge in [-0.25, -0.2) is 14.4 Å². The molecule has 8 heteroatoms. The van der Waals surface area contributed by atoms with Crippen LogP contribution in [0, 0.1) is 5.82 Å². The van der Waals surface area contributed by atoms with Crippen molar-refractivity contribution in [1.29, 1.82) is 0 Å². The third-order valence-corrected chi connectivity index (χ3v) is 5.47. The number of hydrogen-bond donors (Lipinski definition) is 1. The van der Waals surface area contributed by atoms with E-state index in [1.807, 2.05) is 11.6 Å². The van der Waals surface area contributed by atoms with Crippen LogP contribution in [0.4, 0.5) is 4.39 Å². The molecule has 1 amide bonds. The molecular formula is C18H19FN4O2S. The first-order chi connectivity index (χ1) is 12.6. The van der Waals surface area contributed by atoms with Crippen LogP contribution in [0.2, 0.25) is 0 Å². The van der Waals surface area contributed by atoms with Gasteiger partial charge in [0.2, 0.25) is 0 Å². The van der Waals surface area contributed by atoms with Gasteiger partial charge in [-0.1, -0.05) is 0 Å². The number of carbonyl (C=O) groups excluding carboxylic acids is 1. The Hall–Kier alpha value is -2.32. The lowest BCUT2D eigenvalue weighted by atomic mass is 10.2. The van der Waals surface area contributed by atoms with E-state index in [9.17, 15) is 9.18 Å². The van der Waals surface area contributed by atoms with Gasteiger partial charge < -0.3 is 14.6 Å². The Morgan fingerprint density at radius 2 is 2.35 bits per heavy atom. The van der Waals surface area contributed by atoms with Gasteiger partial charge in [-0.3, -0.25) is 4.79 Å². The van der Waals surface area contributed by atoms with Crippen molar-refractivity contribution in [2.45, 2.75) is 25.4 Å². The van der Waals surface area contributed by atoms with E-state index >= 15 is 0 Å². The molecular weight excluding hydrogens is 355 g/mol. The zero-order valence-corrected chi connectivity index (χ0v) is 15.2. The second-order valence-corrected chi connectivity index (χ2v) is 7.19. The molecule has 3 aromatic rings. The van der Waals surface area contributed by atoms with Crippen LogP contribution in [0.25, 0.3) is 11.0 Å². The van der Waals surface area contributed by atoms with E-state index in [4.69, 9.17) is 4.74 Å². The third-order valence-electron chi connectivity index (χ3n) is 4.53. The summed E-state index contributed by atoms with van der Waals surface area (Å²) < 4.78 is 20.8. The number of carbonyl (C=O) groups is 1. The molecule has 1 aliphatic heterocycles. The molecule has 1 saturated heterocycles. The molecule has 0 spiro atoms. The predicted molar refractivity (Wildman–Crippen MR) is 96.8 cm³/mol. The van der Waals surface area contributed by atoms with Crippen LogP contribution in [-0.2, 0) is 18.2 Å². The number of thiazole rings is 1. The quantitative estimate of drug-likeness (QED) is 0.745. The average Bonchev–Trinajstić information content (AvgIpc) is 3.35. The van der Waals surface area contributed by atoms with E-state index in [1.165, 1.54) is 23.5 Å². The number of rotatable bonds is 5. The van der Waals surface area contributed by atoms with E-state index in [-0.39, 0.29) is 17.8 Å². The zero-order chi connectivity index (χ0) is 18.1. The number of nitrogens with one attached hydrogen (secondary N) is 1. The highest BCUT2D eigenvalue weighted by Gasteiger charge is 2.22. The summed E-state index contributed by atoms with van der Waals surface area (Å²) in [6.07, 6.45) is 2.58. The molecule has 1 atom stereocenters. The van der Waals surface area contributed by atoms with Crippen LogP contribution < -0.4 is 5.32 Å². The number of ether oxygens (including phenoxy) is 1. The Morgan fingerprint density at radius 1 is 1.46 bits per heavy atom. The van der Waals surface area contributed by atoms with Gasteiger partial charge in [0.15, 0.2) is 0 Å². The number of fused-ring (bicyclic) bond motifs is 1. The summed E-state index contributed by atoms with van der Waals surface area (Å²) in [5.74, 6) is 0.292. The minimum Gasteiger partial charge on any atom is -0.371 e. The van der Waals surface area contributed by atoms with Gasteiger partial charge in [0.1, 0.15) is 28.4 Å². The van der Waals surface area contributed by atoms with E-state index in [0.717, 1.165) is 35.8 Å². The Morgan fingerprint density at radius 3 is 3.15 bits per heavy atom. The summed E-state index contributed by atoms with van der Waals surface area (Å²) in [5, 5.41) is 5.51. The van der Waals surface area contributed by atoms with E-state index in [2.05, 4.69) is 15.3 Å². The number of halogens is 1. The lowest BCUT2D eigenvalue weighted by Crippen LogP contribution is -2.26. The maximum Gasteiger partial charge on any atom is 0.270 e. The lowest BCUT2D eigenvalue weighted by molar-refractivity contribution is 0.0946. The molecule has 0 aliphatic carbocycles. The maximum absolute atomic E-state index is 13.3. The maximum atomic E-state index is 13.3. The molecule has 1 fully saturated rings. The van der Waals surface area contributed by atoms with Crippen LogP contribution >= 0.6 is 11.3 Å². The van der Waals surface area contributed by atoms with Crippen molar-refractivity contribution < 1.29 is 13.9 Å². The predicted octanol–water partition coefficient (Wildman–Crippen LogP) is 2.99. The minimum absolute atomic E-state index is 0.0296. The van der Waals surface area contributed by atoms with Gasteiger partial charge >= 0.3 is 0 Å². The number of aryl methyl sites for hydroxylation is 1. The fraction of sp³-hybridized carbons (Fsp3) is 0.389. The van der Waals surface area contributed by atoms with Gasteiger partial charge in [0, 0.05) is 38.1 Å². The van der Waals surface area contributed by atoms with Crippen molar-refractivity contribution in [1.82, 2.24) is 19.9 Å². The number of aromatic nitrogens is 3. The number of imidazole rings is 1. The normalized spacial score (nSPS) is 17.1. The highest BCUT2D eigenvalue weighted by molar-refractivity contribution is 7.09. The van der Waals surface area contributed by atoms with Gasteiger partial charge in [0.05, 0.1) is 11.0 Å². The number of hydrogen-bond acceptors (Lipinski definition) is 5. The van der Waals surface area contributed by atoms with Crippen molar-refractivity contribution >= 4 is 28.3 Å².